The first kappa shape index (κ1) is 17.6. The summed E-state index contributed by atoms with van der Waals surface area (Å²) in [7, 11) is 0. The molecule has 3 rings (SSSR count). The number of anilines is 1. The van der Waals surface area contributed by atoms with Crippen LogP contribution in [0.2, 0.25) is 5.02 Å². The van der Waals surface area contributed by atoms with Crippen LogP contribution in [0.4, 0.5) is 5.69 Å². The number of amides is 1. The van der Waals surface area contributed by atoms with Crippen LogP contribution in [0.5, 0.6) is 11.5 Å². The lowest BCUT2D eigenvalue weighted by atomic mass is 10.2. The maximum absolute atomic E-state index is 12.3. The number of aromatic nitrogens is 2. The van der Waals surface area contributed by atoms with E-state index >= 15 is 0 Å². The van der Waals surface area contributed by atoms with Gasteiger partial charge < -0.3 is 14.8 Å². The van der Waals surface area contributed by atoms with E-state index in [0.29, 0.717) is 16.1 Å². The van der Waals surface area contributed by atoms with Gasteiger partial charge in [-0.15, -0.1) is 0 Å². The lowest BCUT2D eigenvalue weighted by molar-refractivity contribution is -0.116. The number of hydrogen-bond donors (Lipinski definition) is 1. The van der Waals surface area contributed by atoms with Crippen LogP contribution in [0.25, 0.3) is 0 Å². The number of rotatable bonds is 4. The molecule has 2 heterocycles. The summed E-state index contributed by atoms with van der Waals surface area (Å²) in [6.07, 6.45) is 1.17. The summed E-state index contributed by atoms with van der Waals surface area (Å²) in [5, 5.41) is 11.8. The third-order valence-corrected chi connectivity index (χ3v) is 4.05. The van der Waals surface area contributed by atoms with Crippen LogP contribution in [0.15, 0.2) is 27.9 Å². The largest absolute Gasteiger partial charge is 0.454 e. The SMILES string of the molecule is CCn1cc(C#N)c(=O)n(CC(=O)Nc2cc3c(cc2Cl)OCO3)c1=O. The molecule has 134 valence electrons. The molecule has 1 aromatic heterocycles. The summed E-state index contributed by atoms with van der Waals surface area (Å²) in [6.45, 7) is 1.43. The minimum absolute atomic E-state index is 0.0516. The number of aryl methyl sites for hydroxylation is 1. The van der Waals surface area contributed by atoms with Crippen LogP contribution in [-0.4, -0.2) is 21.8 Å². The van der Waals surface area contributed by atoms with Crippen molar-refractivity contribution in [3.05, 3.63) is 49.8 Å². The minimum atomic E-state index is -0.825. The van der Waals surface area contributed by atoms with Gasteiger partial charge in [0, 0.05) is 24.9 Å². The standard InChI is InChI=1S/C16H13ClN4O5/c1-2-20-6-9(5-18)15(23)21(16(20)24)7-14(22)19-11-4-13-12(3-10(11)17)25-8-26-13/h3-4,6H,2,7-8H2,1H3,(H,19,22). The van der Waals surface area contributed by atoms with E-state index in [-0.39, 0.29) is 29.6 Å². The highest BCUT2D eigenvalue weighted by molar-refractivity contribution is 6.34. The van der Waals surface area contributed by atoms with E-state index in [1.165, 1.54) is 22.9 Å². The monoisotopic (exact) mass is 376 g/mol. The molecule has 0 saturated carbocycles. The van der Waals surface area contributed by atoms with E-state index in [0.717, 1.165) is 0 Å². The highest BCUT2D eigenvalue weighted by atomic mass is 35.5. The summed E-state index contributed by atoms with van der Waals surface area (Å²) < 4.78 is 12.3. The quantitative estimate of drug-likeness (QED) is 0.848. The number of hydrogen-bond acceptors (Lipinski definition) is 6. The molecule has 0 saturated heterocycles. The molecule has 0 bridgehead atoms. The van der Waals surface area contributed by atoms with Crippen molar-refractivity contribution >= 4 is 23.2 Å². The molecule has 9 nitrogen and oxygen atoms in total. The molecule has 1 aliphatic heterocycles. The fraction of sp³-hybridized carbons (Fsp3) is 0.250. The lowest BCUT2D eigenvalue weighted by Gasteiger charge is -2.11. The van der Waals surface area contributed by atoms with Crippen LogP contribution in [0, 0.1) is 11.3 Å². The lowest BCUT2D eigenvalue weighted by Crippen LogP contribution is -2.43. The number of carbonyl (C=O) groups is 1. The van der Waals surface area contributed by atoms with Gasteiger partial charge in [0.25, 0.3) is 5.56 Å². The van der Waals surface area contributed by atoms with E-state index < -0.39 is 23.7 Å². The van der Waals surface area contributed by atoms with Gasteiger partial charge in [0.2, 0.25) is 12.7 Å². The summed E-state index contributed by atoms with van der Waals surface area (Å²) in [6, 6.07) is 4.70. The molecule has 1 aromatic carbocycles. The van der Waals surface area contributed by atoms with Gasteiger partial charge in [0.1, 0.15) is 18.2 Å². The molecule has 1 amide bonds. The maximum atomic E-state index is 12.3. The Kier molecular flexibility index (Phi) is 4.69. The topological polar surface area (TPSA) is 115 Å². The van der Waals surface area contributed by atoms with Crippen molar-refractivity contribution in [1.29, 1.82) is 5.26 Å². The minimum Gasteiger partial charge on any atom is -0.454 e. The smallest absolute Gasteiger partial charge is 0.331 e. The van der Waals surface area contributed by atoms with E-state index in [4.69, 9.17) is 26.3 Å². The fourth-order valence-electron chi connectivity index (χ4n) is 2.44. The van der Waals surface area contributed by atoms with E-state index in [2.05, 4.69) is 5.32 Å². The van der Waals surface area contributed by atoms with Gasteiger partial charge in [-0.05, 0) is 6.92 Å². The molecule has 0 radical (unpaired) electrons. The van der Waals surface area contributed by atoms with Crippen LogP contribution in [0.3, 0.4) is 0 Å². The first-order chi connectivity index (χ1) is 12.4. The van der Waals surface area contributed by atoms with Crippen LogP contribution in [0.1, 0.15) is 12.5 Å². The summed E-state index contributed by atoms with van der Waals surface area (Å²) in [5.41, 5.74) is -1.47. The Balaban J connectivity index is 1.89. The molecule has 0 spiro atoms. The zero-order chi connectivity index (χ0) is 18.8. The molecule has 10 heteroatoms. The third kappa shape index (κ3) is 3.14. The first-order valence-corrected chi connectivity index (χ1v) is 7.95. The Morgan fingerprint density at radius 1 is 1.35 bits per heavy atom. The van der Waals surface area contributed by atoms with Crippen molar-refractivity contribution in [1.82, 2.24) is 9.13 Å². The van der Waals surface area contributed by atoms with E-state index in [1.54, 1.807) is 13.0 Å². The molecule has 0 unspecified atom stereocenters. The highest BCUT2D eigenvalue weighted by Crippen LogP contribution is 2.39. The number of nitriles is 1. The van der Waals surface area contributed by atoms with Crippen molar-refractivity contribution in [3.8, 4) is 17.6 Å². The molecular weight excluding hydrogens is 364 g/mol. The molecule has 1 N–H and O–H groups in total. The van der Waals surface area contributed by atoms with Gasteiger partial charge in [0.15, 0.2) is 11.5 Å². The van der Waals surface area contributed by atoms with Crippen molar-refractivity contribution in [2.45, 2.75) is 20.0 Å². The fourth-order valence-corrected chi connectivity index (χ4v) is 2.64. The second-order valence-electron chi connectivity index (χ2n) is 5.35. The zero-order valence-electron chi connectivity index (χ0n) is 13.6. The molecular formula is C16H13ClN4O5. The van der Waals surface area contributed by atoms with Crippen LogP contribution >= 0.6 is 11.6 Å². The Morgan fingerprint density at radius 2 is 2.04 bits per heavy atom. The molecule has 26 heavy (non-hydrogen) atoms. The number of nitrogens with zero attached hydrogens (tertiary/aromatic N) is 3. The second-order valence-corrected chi connectivity index (χ2v) is 5.76. The molecule has 2 aromatic rings. The Labute approximate surface area is 151 Å². The van der Waals surface area contributed by atoms with Gasteiger partial charge in [-0.25, -0.2) is 9.36 Å². The molecule has 1 aliphatic rings. The van der Waals surface area contributed by atoms with E-state index in [9.17, 15) is 14.4 Å². The van der Waals surface area contributed by atoms with Gasteiger partial charge in [0.05, 0.1) is 10.7 Å². The second kappa shape index (κ2) is 6.93. The van der Waals surface area contributed by atoms with Crippen LogP contribution in [-0.2, 0) is 17.9 Å². The average molecular weight is 377 g/mol. The number of fused-ring (bicyclic) bond motifs is 1. The van der Waals surface area contributed by atoms with Crippen molar-refractivity contribution in [2.75, 3.05) is 12.1 Å². The van der Waals surface area contributed by atoms with Crippen molar-refractivity contribution < 1.29 is 14.3 Å². The predicted molar refractivity (Wildman–Crippen MR) is 91.6 cm³/mol. The number of nitrogens with one attached hydrogen (secondary N) is 1. The number of halogens is 1. The first-order valence-electron chi connectivity index (χ1n) is 7.58. The molecule has 0 fully saturated rings. The Hall–Kier alpha value is -3.25. The predicted octanol–water partition coefficient (Wildman–Crippen LogP) is 0.922. The number of carbonyl (C=O) groups excluding carboxylic acids is 1. The molecule has 0 aliphatic carbocycles. The Morgan fingerprint density at radius 3 is 2.69 bits per heavy atom. The normalized spacial score (nSPS) is 11.9. The maximum Gasteiger partial charge on any atom is 0.331 e. The summed E-state index contributed by atoms with van der Waals surface area (Å²) in [4.78, 5) is 36.8. The van der Waals surface area contributed by atoms with Gasteiger partial charge in [-0.2, -0.15) is 5.26 Å². The van der Waals surface area contributed by atoms with Gasteiger partial charge in [-0.3, -0.25) is 14.2 Å². The summed E-state index contributed by atoms with van der Waals surface area (Å²) >= 11 is 6.09. The van der Waals surface area contributed by atoms with Gasteiger partial charge in [-0.1, -0.05) is 11.6 Å². The molecule has 0 atom stereocenters. The number of ether oxygens (including phenoxy) is 2. The van der Waals surface area contributed by atoms with Crippen LogP contribution < -0.4 is 26.0 Å². The van der Waals surface area contributed by atoms with Crippen molar-refractivity contribution in [2.24, 2.45) is 0 Å². The Bertz CT molecular complexity index is 1050. The van der Waals surface area contributed by atoms with Crippen molar-refractivity contribution in [3.63, 3.8) is 0 Å². The average Bonchev–Trinajstić information content (AvgIpc) is 3.06. The number of benzene rings is 1. The highest BCUT2D eigenvalue weighted by Gasteiger charge is 2.19. The third-order valence-electron chi connectivity index (χ3n) is 3.74. The summed E-state index contributed by atoms with van der Waals surface area (Å²) in [5.74, 6) is 0.223. The van der Waals surface area contributed by atoms with E-state index in [1.807, 2.05) is 0 Å². The van der Waals surface area contributed by atoms with Gasteiger partial charge >= 0.3 is 5.69 Å². The zero-order valence-corrected chi connectivity index (χ0v) is 14.4.